The molecule has 2 aromatic carbocycles. The van der Waals surface area contributed by atoms with Gasteiger partial charge in [-0.15, -0.1) is 0 Å². The van der Waals surface area contributed by atoms with Crippen LogP contribution in [0.25, 0.3) is 0 Å². The second-order valence-electron chi connectivity index (χ2n) is 5.70. The van der Waals surface area contributed by atoms with E-state index >= 15 is 0 Å². The van der Waals surface area contributed by atoms with Gasteiger partial charge in [0.15, 0.2) is 0 Å². The topological polar surface area (TPSA) is 38.0 Å². The monoisotopic (exact) mass is 266 g/mol. The maximum atomic E-state index is 5.96. The van der Waals surface area contributed by atoms with E-state index in [1.54, 1.807) is 0 Å². The van der Waals surface area contributed by atoms with Crippen LogP contribution in [0.15, 0.2) is 48.5 Å². The first-order valence-corrected chi connectivity index (χ1v) is 7.43. The number of rotatable bonds is 3. The molecule has 0 aromatic heterocycles. The van der Waals surface area contributed by atoms with Gasteiger partial charge in [-0.2, -0.15) is 0 Å². The highest BCUT2D eigenvalue weighted by molar-refractivity contribution is 5.47. The van der Waals surface area contributed by atoms with Crippen LogP contribution in [0.1, 0.15) is 48.5 Å². The summed E-state index contributed by atoms with van der Waals surface area (Å²) in [7, 11) is 0. The molecule has 2 atom stereocenters. The highest BCUT2D eigenvalue weighted by Gasteiger charge is 2.21. The molecule has 2 nitrogen and oxygen atoms in total. The predicted octanol–water partition coefficient (Wildman–Crippen LogP) is 4.00. The molecule has 0 spiro atoms. The van der Waals surface area contributed by atoms with E-state index in [0.29, 0.717) is 12.1 Å². The minimum atomic E-state index is 0.355. The molecule has 1 aliphatic rings. The molecule has 2 unspecified atom stereocenters. The summed E-state index contributed by atoms with van der Waals surface area (Å²) in [6.07, 6.45) is 3.61. The van der Waals surface area contributed by atoms with Crippen molar-refractivity contribution in [2.45, 2.75) is 38.3 Å². The van der Waals surface area contributed by atoms with E-state index in [1.807, 2.05) is 6.07 Å². The van der Waals surface area contributed by atoms with Gasteiger partial charge in [0.1, 0.15) is 0 Å². The molecular weight excluding hydrogens is 244 g/mol. The fourth-order valence-corrected chi connectivity index (χ4v) is 3.13. The van der Waals surface area contributed by atoms with Crippen molar-refractivity contribution < 1.29 is 0 Å². The van der Waals surface area contributed by atoms with Crippen LogP contribution in [0.4, 0.5) is 5.69 Å². The lowest BCUT2D eigenvalue weighted by Crippen LogP contribution is -2.27. The fraction of sp³-hybridized carbons (Fsp3) is 0.333. The number of benzene rings is 2. The standard InChI is InChI=1S/C18H22N2/c1-13(14-6-3-2-4-7-14)20-18-9-5-8-15-10-11-16(19)12-17(15)18/h2-4,6-7,10-13,18,20H,5,8-9,19H2,1H3. The molecule has 20 heavy (non-hydrogen) atoms. The number of hydrogen-bond acceptors (Lipinski definition) is 2. The van der Waals surface area contributed by atoms with Crippen molar-refractivity contribution >= 4 is 5.69 Å². The lowest BCUT2D eigenvalue weighted by Gasteiger charge is -2.29. The van der Waals surface area contributed by atoms with Gasteiger partial charge in [0.05, 0.1) is 0 Å². The lowest BCUT2D eigenvalue weighted by molar-refractivity contribution is 0.415. The van der Waals surface area contributed by atoms with Crippen LogP contribution in [0.5, 0.6) is 0 Å². The molecule has 3 rings (SSSR count). The molecule has 1 aliphatic carbocycles. The Balaban J connectivity index is 1.81. The van der Waals surface area contributed by atoms with Gasteiger partial charge >= 0.3 is 0 Å². The Kier molecular flexibility index (Phi) is 3.75. The Morgan fingerprint density at radius 3 is 2.75 bits per heavy atom. The summed E-state index contributed by atoms with van der Waals surface area (Å²) < 4.78 is 0. The van der Waals surface area contributed by atoms with Crippen LogP contribution in [-0.2, 0) is 6.42 Å². The van der Waals surface area contributed by atoms with Gasteiger partial charge in [0.2, 0.25) is 0 Å². The molecule has 2 heteroatoms. The third-order valence-electron chi connectivity index (χ3n) is 4.24. The van der Waals surface area contributed by atoms with E-state index < -0.39 is 0 Å². The SMILES string of the molecule is CC(NC1CCCc2ccc(N)cc21)c1ccccc1. The molecule has 0 saturated heterocycles. The Morgan fingerprint density at radius 2 is 1.95 bits per heavy atom. The summed E-state index contributed by atoms with van der Waals surface area (Å²) in [5, 5.41) is 3.76. The smallest absolute Gasteiger partial charge is 0.0329 e. The van der Waals surface area contributed by atoms with Crippen molar-refractivity contribution in [3.8, 4) is 0 Å². The zero-order valence-electron chi connectivity index (χ0n) is 12.0. The maximum Gasteiger partial charge on any atom is 0.0329 e. The van der Waals surface area contributed by atoms with Crippen LogP contribution >= 0.6 is 0 Å². The molecule has 0 saturated carbocycles. The van der Waals surface area contributed by atoms with Crippen LogP contribution in [0.3, 0.4) is 0 Å². The number of fused-ring (bicyclic) bond motifs is 1. The quantitative estimate of drug-likeness (QED) is 0.824. The van der Waals surface area contributed by atoms with E-state index in [0.717, 1.165) is 5.69 Å². The van der Waals surface area contributed by atoms with E-state index in [-0.39, 0.29) is 0 Å². The molecule has 0 heterocycles. The summed E-state index contributed by atoms with van der Waals surface area (Å²) in [5.41, 5.74) is 11.0. The fourth-order valence-electron chi connectivity index (χ4n) is 3.13. The number of nitrogens with two attached hydrogens (primary N) is 1. The molecule has 0 radical (unpaired) electrons. The van der Waals surface area contributed by atoms with Crippen LogP contribution < -0.4 is 11.1 Å². The Bertz CT molecular complexity index is 577. The summed E-state index contributed by atoms with van der Waals surface area (Å²) in [6.45, 7) is 2.23. The molecule has 104 valence electrons. The van der Waals surface area contributed by atoms with Gasteiger partial charge < -0.3 is 11.1 Å². The van der Waals surface area contributed by atoms with Crippen LogP contribution in [0, 0.1) is 0 Å². The molecule has 0 amide bonds. The van der Waals surface area contributed by atoms with Crippen molar-refractivity contribution in [3.63, 3.8) is 0 Å². The van der Waals surface area contributed by atoms with E-state index in [4.69, 9.17) is 5.73 Å². The van der Waals surface area contributed by atoms with Gasteiger partial charge in [-0.1, -0.05) is 36.4 Å². The van der Waals surface area contributed by atoms with Gasteiger partial charge in [-0.3, -0.25) is 0 Å². The summed E-state index contributed by atoms with van der Waals surface area (Å²) >= 11 is 0. The zero-order chi connectivity index (χ0) is 13.9. The van der Waals surface area contributed by atoms with Gasteiger partial charge in [-0.05, 0) is 55.0 Å². The third kappa shape index (κ3) is 2.70. The first-order valence-electron chi connectivity index (χ1n) is 7.43. The number of nitrogen functional groups attached to an aromatic ring is 1. The predicted molar refractivity (Wildman–Crippen MR) is 84.5 cm³/mol. The van der Waals surface area contributed by atoms with Crippen LogP contribution in [-0.4, -0.2) is 0 Å². The van der Waals surface area contributed by atoms with E-state index in [2.05, 4.69) is 54.7 Å². The highest BCUT2D eigenvalue weighted by atomic mass is 14.9. The molecule has 0 aliphatic heterocycles. The van der Waals surface area contributed by atoms with Gasteiger partial charge in [-0.25, -0.2) is 0 Å². The molecule has 3 N–H and O–H groups in total. The summed E-state index contributed by atoms with van der Waals surface area (Å²) in [5.74, 6) is 0. The Labute approximate surface area is 121 Å². The molecular formula is C18H22N2. The van der Waals surface area contributed by atoms with Crippen molar-refractivity contribution in [1.29, 1.82) is 0 Å². The first kappa shape index (κ1) is 13.2. The van der Waals surface area contributed by atoms with E-state index in [1.165, 1.54) is 36.0 Å². The van der Waals surface area contributed by atoms with Crippen molar-refractivity contribution in [2.75, 3.05) is 5.73 Å². The van der Waals surface area contributed by atoms with E-state index in [9.17, 15) is 0 Å². The molecule has 0 bridgehead atoms. The summed E-state index contributed by atoms with van der Waals surface area (Å²) in [4.78, 5) is 0. The molecule has 2 aromatic rings. The number of nitrogens with one attached hydrogen (secondary N) is 1. The van der Waals surface area contributed by atoms with Gasteiger partial charge in [0, 0.05) is 17.8 Å². The normalized spacial score (nSPS) is 19.4. The zero-order valence-corrected chi connectivity index (χ0v) is 12.0. The number of aryl methyl sites for hydroxylation is 1. The average molecular weight is 266 g/mol. The summed E-state index contributed by atoms with van der Waals surface area (Å²) in [6, 6.07) is 17.7. The maximum absolute atomic E-state index is 5.96. The highest BCUT2D eigenvalue weighted by Crippen LogP contribution is 2.32. The average Bonchev–Trinajstić information content (AvgIpc) is 2.49. The van der Waals surface area contributed by atoms with Crippen molar-refractivity contribution in [2.24, 2.45) is 0 Å². The molecule has 0 fully saturated rings. The number of hydrogen-bond donors (Lipinski definition) is 2. The Morgan fingerprint density at radius 1 is 1.15 bits per heavy atom. The first-order chi connectivity index (χ1) is 9.74. The second-order valence-corrected chi connectivity index (χ2v) is 5.70. The van der Waals surface area contributed by atoms with Crippen molar-refractivity contribution in [3.05, 3.63) is 65.2 Å². The van der Waals surface area contributed by atoms with Crippen molar-refractivity contribution in [1.82, 2.24) is 5.32 Å². The number of anilines is 1. The second kappa shape index (κ2) is 5.68. The lowest BCUT2D eigenvalue weighted by atomic mass is 9.86. The minimum Gasteiger partial charge on any atom is -0.399 e. The Hall–Kier alpha value is -1.80. The third-order valence-corrected chi connectivity index (χ3v) is 4.24. The van der Waals surface area contributed by atoms with Gasteiger partial charge in [0.25, 0.3) is 0 Å². The largest absolute Gasteiger partial charge is 0.399 e. The minimum absolute atomic E-state index is 0.355. The van der Waals surface area contributed by atoms with Crippen LogP contribution in [0.2, 0.25) is 0 Å².